The van der Waals surface area contributed by atoms with Gasteiger partial charge in [-0.25, -0.2) is 4.79 Å². The summed E-state index contributed by atoms with van der Waals surface area (Å²) in [5.74, 6) is 0. The average molecular weight is 297 g/mol. The zero-order chi connectivity index (χ0) is 15.4. The Labute approximate surface area is 131 Å². The molecule has 0 bridgehead atoms. The van der Waals surface area contributed by atoms with Gasteiger partial charge in [0.15, 0.2) is 0 Å². The van der Waals surface area contributed by atoms with E-state index < -0.39 is 0 Å². The highest BCUT2D eigenvalue weighted by atomic mass is 16.2. The van der Waals surface area contributed by atoms with E-state index in [2.05, 4.69) is 52.5 Å². The molecule has 0 saturated heterocycles. The molecule has 2 aromatic rings. The lowest BCUT2D eigenvalue weighted by Crippen LogP contribution is -2.41. The predicted octanol–water partition coefficient (Wildman–Crippen LogP) is 3.23. The van der Waals surface area contributed by atoms with Crippen molar-refractivity contribution < 1.29 is 4.79 Å². The number of carbonyl (C=O) groups excluding carboxylic acids is 1. The van der Waals surface area contributed by atoms with Crippen molar-refractivity contribution in [1.29, 1.82) is 0 Å². The Bertz CT molecular complexity index is 616. The Hall–Kier alpha value is -2.23. The minimum Gasteiger partial charge on any atom is -0.345 e. The Balaban J connectivity index is 1.72. The molecule has 0 radical (unpaired) electrons. The maximum atomic E-state index is 12.2. The molecule has 1 aromatic heterocycles. The number of amides is 2. The number of nitrogens with one attached hydrogen (secondary N) is 1. The van der Waals surface area contributed by atoms with Gasteiger partial charge in [0.2, 0.25) is 0 Å². The first kappa shape index (κ1) is 14.7. The molecular weight excluding hydrogens is 274 g/mol. The van der Waals surface area contributed by atoms with Crippen LogP contribution < -0.4 is 5.32 Å². The lowest BCUT2D eigenvalue weighted by atomic mass is 10.2. The van der Waals surface area contributed by atoms with E-state index in [0.29, 0.717) is 19.1 Å². The number of carbonyl (C=O) groups is 1. The molecule has 4 nitrogen and oxygen atoms in total. The van der Waals surface area contributed by atoms with Gasteiger partial charge in [-0.05, 0) is 37.5 Å². The number of rotatable bonds is 6. The number of urea groups is 1. The Kier molecular flexibility index (Phi) is 4.47. The third-order valence-corrected chi connectivity index (χ3v) is 4.03. The Morgan fingerprint density at radius 3 is 2.68 bits per heavy atom. The average Bonchev–Trinajstić information content (AvgIpc) is 3.28. The fourth-order valence-electron chi connectivity index (χ4n) is 2.71. The summed E-state index contributed by atoms with van der Waals surface area (Å²) in [5, 5.41) is 2.93. The topological polar surface area (TPSA) is 37.3 Å². The van der Waals surface area contributed by atoms with Crippen LogP contribution in [-0.2, 0) is 13.1 Å². The Morgan fingerprint density at radius 1 is 1.23 bits per heavy atom. The van der Waals surface area contributed by atoms with Crippen LogP contribution in [0.3, 0.4) is 0 Å². The standard InChI is InChI=1S/C18H23N3O/c1-2-19-18(22)21(16-10-11-16)14-17-9-6-12-20(17)13-15-7-4-3-5-8-15/h3-9,12,16H,2,10-11,13-14H2,1H3,(H,19,22). The molecule has 116 valence electrons. The SMILES string of the molecule is CCNC(=O)N(Cc1cccn1Cc1ccccc1)C1CC1. The molecule has 1 aromatic carbocycles. The maximum Gasteiger partial charge on any atom is 0.317 e. The highest BCUT2D eigenvalue weighted by Gasteiger charge is 2.32. The molecule has 0 aliphatic heterocycles. The zero-order valence-electron chi connectivity index (χ0n) is 13.0. The molecule has 1 aliphatic carbocycles. The highest BCUT2D eigenvalue weighted by molar-refractivity contribution is 5.74. The fraction of sp³-hybridized carbons (Fsp3) is 0.389. The van der Waals surface area contributed by atoms with Crippen molar-refractivity contribution in [3.05, 3.63) is 59.9 Å². The maximum absolute atomic E-state index is 12.2. The minimum absolute atomic E-state index is 0.0532. The van der Waals surface area contributed by atoms with E-state index in [-0.39, 0.29) is 6.03 Å². The monoisotopic (exact) mass is 297 g/mol. The molecule has 3 rings (SSSR count). The summed E-state index contributed by atoms with van der Waals surface area (Å²) in [5.41, 5.74) is 2.46. The van der Waals surface area contributed by atoms with Gasteiger partial charge in [0.1, 0.15) is 0 Å². The summed E-state index contributed by atoms with van der Waals surface area (Å²) in [6, 6.07) is 15.0. The van der Waals surface area contributed by atoms with Gasteiger partial charge in [0.25, 0.3) is 0 Å². The van der Waals surface area contributed by atoms with Crippen LogP contribution in [0.15, 0.2) is 48.7 Å². The van der Waals surface area contributed by atoms with E-state index in [1.165, 1.54) is 11.3 Å². The lowest BCUT2D eigenvalue weighted by molar-refractivity contribution is 0.191. The summed E-state index contributed by atoms with van der Waals surface area (Å²) in [6.45, 7) is 4.15. The summed E-state index contributed by atoms with van der Waals surface area (Å²) in [6.07, 6.45) is 4.33. The van der Waals surface area contributed by atoms with Crippen LogP contribution in [0.5, 0.6) is 0 Å². The van der Waals surface area contributed by atoms with Crippen LogP contribution in [0.25, 0.3) is 0 Å². The normalized spacial score (nSPS) is 13.9. The van der Waals surface area contributed by atoms with E-state index in [1.54, 1.807) is 0 Å². The number of nitrogens with zero attached hydrogens (tertiary/aromatic N) is 2. The van der Waals surface area contributed by atoms with Crippen molar-refractivity contribution in [3.8, 4) is 0 Å². The van der Waals surface area contributed by atoms with Crippen LogP contribution in [-0.4, -0.2) is 28.1 Å². The van der Waals surface area contributed by atoms with Gasteiger partial charge in [0, 0.05) is 31.0 Å². The quantitative estimate of drug-likeness (QED) is 0.873. The summed E-state index contributed by atoms with van der Waals surface area (Å²) in [7, 11) is 0. The number of aromatic nitrogens is 1. The molecular formula is C18H23N3O. The number of hydrogen-bond donors (Lipinski definition) is 1. The fourth-order valence-corrected chi connectivity index (χ4v) is 2.71. The van der Waals surface area contributed by atoms with Crippen LogP contribution in [0.1, 0.15) is 31.0 Å². The van der Waals surface area contributed by atoms with Crippen molar-refractivity contribution in [1.82, 2.24) is 14.8 Å². The van der Waals surface area contributed by atoms with Gasteiger partial charge >= 0.3 is 6.03 Å². The molecule has 4 heteroatoms. The molecule has 0 atom stereocenters. The van der Waals surface area contributed by atoms with Crippen molar-refractivity contribution in [2.24, 2.45) is 0 Å². The van der Waals surface area contributed by atoms with Gasteiger partial charge in [-0.15, -0.1) is 0 Å². The third kappa shape index (κ3) is 3.50. The predicted molar refractivity (Wildman–Crippen MR) is 87.6 cm³/mol. The molecule has 1 aliphatic rings. The van der Waals surface area contributed by atoms with E-state index in [9.17, 15) is 4.79 Å². The lowest BCUT2D eigenvalue weighted by Gasteiger charge is -2.23. The van der Waals surface area contributed by atoms with Crippen LogP contribution in [0.2, 0.25) is 0 Å². The van der Waals surface area contributed by atoms with Gasteiger partial charge in [0.05, 0.1) is 6.54 Å². The van der Waals surface area contributed by atoms with Gasteiger partial charge in [-0.1, -0.05) is 30.3 Å². The van der Waals surface area contributed by atoms with Gasteiger partial charge in [-0.3, -0.25) is 0 Å². The first-order valence-corrected chi connectivity index (χ1v) is 8.00. The first-order valence-electron chi connectivity index (χ1n) is 8.00. The van der Waals surface area contributed by atoms with E-state index in [1.807, 2.05) is 17.9 Å². The molecule has 22 heavy (non-hydrogen) atoms. The third-order valence-electron chi connectivity index (χ3n) is 4.03. The highest BCUT2D eigenvalue weighted by Crippen LogP contribution is 2.28. The smallest absolute Gasteiger partial charge is 0.317 e. The van der Waals surface area contributed by atoms with E-state index in [4.69, 9.17) is 0 Å². The van der Waals surface area contributed by atoms with Crippen LogP contribution in [0, 0.1) is 0 Å². The molecule has 1 saturated carbocycles. The second-order valence-corrected chi connectivity index (χ2v) is 5.81. The van der Waals surface area contributed by atoms with Crippen molar-refractivity contribution in [2.75, 3.05) is 6.54 Å². The van der Waals surface area contributed by atoms with Crippen LogP contribution in [0.4, 0.5) is 4.79 Å². The molecule has 1 fully saturated rings. The van der Waals surface area contributed by atoms with Crippen molar-refractivity contribution in [2.45, 2.75) is 38.9 Å². The molecule has 2 amide bonds. The second kappa shape index (κ2) is 6.69. The van der Waals surface area contributed by atoms with Gasteiger partial charge < -0.3 is 14.8 Å². The second-order valence-electron chi connectivity index (χ2n) is 5.81. The summed E-state index contributed by atoms with van der Waals surface area (Å²) < 4.78 is 2.23. The summed E-state index contributed by atoms with van der Waals surface area (Å²) >= 11 is 0. The number of hydrogen-bond acceptors (Lipinski definition) is 1. The van der Waals surface area contributed by atoms with Crippen molar-refractivity contribution >= 4 is 6.03 Å². The molecule has 1 heterocycles. The Morgan fingerprint density at radius 2 is 2.00 bits per heavy atom. The molecule has 1 N–H and O–H groups in total. The zero-order valence-corrected chi connectivity index (χ0v) is 13.0. The molecule has 0 spiro atoms. The van der Waals surface area contributed by atoms with E-state index >= 15 is 0 Å². The first-order chi connectivity index (χ1) is 10.8. The summed E-state index contributed by atoms with van der Waals surface area (Å²) in [4.78, 5) is 14.2. The van der Waals surface area contributed by atoms with Crippen LogP contribution >= 0.6 is 0 Å². The van der Waals surface area contributed by atoms with Gasteiger partial charge in [-0.2, -0.15) is 0 Å². The number of benzene rings is 1. The largest absolute Gasteiger partial charge is 0.345 e. The molecule has 0 unspecified atom stereocenters. The van der Waals surface area contributed by atoms with Crippen molar-refractivity contribution in [3.63, 3.8) is 0 Å². The van der Waals surface area contributed by atoms with E-state index in [0.717, 1.165) is 19.4 Å². The minimum atomic E-state index is 0.0532.